The topological polar surface area (TPSA) is 234 Å². The fraction of sp³-hybridized carbons (Fsp3) is 0.688. The second-order valence-corrected chi connectivity index (χ2v) is 6.47. The van der Waals surface area contributed by atoms with Crippen LogP contribution in [0.4, 0.5) is 0 Å². The van der Waals surface area contributed by atoms with Gasteiger partial charge in [0.15, 0.2) is 0 Å². The monoisotopic (exact) mass is 419 g/mol. The highest BCUT2D eigenvalue weighted by Crippen LogP contribution is 2.09. The van der Waals surface area contributed by atoms with Crippen molar-refractivity contribution in [2.24, 2.45) is 17.4 Å². The van der Waals surface area contributed by atoms with E-state index in [0.29, 0.717) is 6.42 Å². The lowest BCUT2D eigenvalue weighted by Crippen LogP contribution is -2.59. The predicted molar refractivity (Wildman–Crippen MR) is 98.8 cm³/mol. The van der Waals surface area contributed by atoms with Crippen LogP contribution in [-0.2, 0) is 24.0 Å². The van der Waals surface area contributed by atoms with Gasteiger partial charge < -0.3 is 42.7 Å². The van der Waals surface area contributed by atoms with Gasteiger partial charge in [0.25, 0.3) is 0 Å². The highest BCUT2D eigenvalue weighted by Gasteiger charge is 2.33. The number of primary amides is 1. The van der Waals surface area contributed by atoms with Crippen LogP contribution in [0.2, 0.25) is 0 Å². The molecule has 0 spiro atoms. The zero-order valence-corrected chi connectivity index (χ0v) is 16.3. The SMILES string of the molecule is CCC(C)C(NC(=O)C(CC(N)=O)NC(=O)C(N)CO)C(=O)NC(CO)C(=O)O. The van der Waals surface area contributed by atoms with Gasteiger partial charge >= 0.3 is 5.97 Å². The maximum atomic E-state index is 12.6. The zero-order valence-electron chi connectivity index (χ0n) is 16.3. The Morgan fingerprint density at radius 3 is 1.86 bits per heavy atom. The molecule has 0 heterocycles. The van der Waals surface area contributed by atoms with E-state index in [0.717, 1.165) is 0 Å². The first-order valence-corrected chi connectivity index (χ1v) is 8.87. The van der Waals surface area contributed by atoms with Crippen LogP contribution in [0.15, 0.2) is 0 Å². The number of hydrogen-bond acceptors (Lipinski definition) is 8. The number of carbonyl (C=O) groups is 5. The van der Waals surface area contributed by atoms with Crippen LogP contribution in [0.5, 0.6) is 0 Å². The number of aliphatic carboxylic acids is 1. The molecular weight excluding hydrogens is 390 g/mol. The van der Waals surface area contributed by atoms with Gasteiger partial charge in [0.2, 0.25) is 23.6 Å². The summed E-state index contributed by atoms with van der Waals surface area (Å²) in [5, 5.41) is 33.5. The van der Waals surface area contributed by atoms with E-state index in [1.54, 1.807) is 13.8 Å². The molecule has 0 saturated carbocycles. The van der Waals surface area contributed by atoms with Gasteiger partial charge in [0.05, 0.1) is 19.6 Å². The van der Waals surface area contributed by atoms with Crippen molar-refractivity contribution in [2.75, 3.05) is 13.2 Å². The number of nitrogens with two attached hydrogens (primary N) is 2. The summed E-state index contributed by atoms with van der Waals surface area (Å²) in [5.41, 5.74) is 10.4. The first-order valence-electron chi connectivity index (χ1n) is 8.87. The first-order chi connectivity index (χ1) is 13.5. The predicted octanol–water partition coefficient (Wildman–Crippen LogP) is -4.24. The van der Waals surface area contributed by atoms with E-state index >= 15 is 0 Å². The first kappa shape index (κ1) is 26.2. The Morgan fingerprint density at radius 1 is 0.897 bits per heavy atom. The summed E-state index contributed by atoms with van der Waals surface area (Å²) in [6.07, 6.45) is -0.184. The molecule has 5 atom stereocenters. The van der Waals surface area contributed by atoms with Crippen molar-refractivity contribution in [3.8, 4) is 0 Å². The number of nitrogens with one attached hydrogen (secondary N) is 3. The van der Waals surface area contributed by atoms with E-state index < -0.39 is 79.3 Å². The number of aliphatic hydroxyl groups is 2. The molecule has 4 amide bonds. The quantitative estimate of drug-likeness (QED) is 0.144. The Balaban J connectivity index is 5.46. The lowest BCUT2D eigenvalue weighted by atomic mass is 9.97. The summed E-state index contributed by atoms with van der Waals surface area (Å²) >= 11 is 0. The van der Waals surface area contributed by atoms with Crippen LogP contribution in [0.3, 0.4) is 0 Å². The molecule has 13 nitrogen and oxygen atoms in total. The third kappa shape index (κ3) is 8.85. The molecule has 166 valence electrons. The molecule has 0 bridgehead atoms. The summed E-state index contributed by atoms with van der Waals surface area (Å²) in [4.78, 5) is 59.1. The van der Waals surface area contributed by atoms with Gasteiger partial charge in [-0.25, -0.2) is 4.79 Å². The van der Waals surface area contributed by atoms with E-state index in [-0.39, 0.29) is 0 Å². The second kappa shape index (κ2) is 12.6. The van der Waals surface area contributed by atoms with Gasteiger partial charge in [0.1, 0.15) is 24.2 Å². The number of aliphatic hydroxyl groups excluding tert-OH is 2. The maximum absolute atomic E-state index is 12.6. The molecule has 0 rings (SSSR count). The standard InChI is InChI=1S/C16H29N5O8/c1-3-7(2)12(15(27)20-10(6-23)16(28)29)21-14(26)9(4-11(18)24)19-13(25)8(17)5-22/h7-10,12,22-23H,3-6,17H2,1-2H3,(H2,18,24)(H,19,25)(H,20,27)(H,21,26)(H,28,29). The van der Waals surface area contributed by atoms with Crippen LogP contribution in [-0.4, -0.2) is 82.3 Å². The Bertz CT molecular complexity index is 614. The van der Waals surface area contributed by atoms with Gasteiger partial charge in [-0.3, -0.25) is 19.2 Å². The third-order valence-electron chi connectivity index (χ3n) is 4.16. The van der Waals surface area contributed by atoms with Crippen LogP contribution >= 0.6 is 0 Å². The third-order valence-corrected chi connectivity index (χ3v) is 4.16. The smallest absolute Gasteiger partial charge is 0.328 e. The summed E-state index contributed by atoms with van der Waals surface area (Å²) in [6, 6.07) is -5.60. The van der Waals surface area contributed by atoms with Gasteiger partial charge in [-0.05, 0) is 5.92 Å². The van der Waals surface area contributed by atoms with Crippen LogP contribution in [0.25, 0.3) is 0 Å². The van der Waals surface area contributed by atoms with Gasteiger partial charge in [-0.2, -0.15) is 0 Å². The molecule has 0 aliphatic heterocycles. The second-order valence-electron chi connectivity index (χ2n) is 6.47. The largest absolute Gasteiger partial charge is 0.480 e. The van der Waals surface area contributed by atoms with Crippen molar-refractivity contribution in [1.29, 1.82) is 0 Å². The molecule has 13 heteroatoms. The van der Waals surface area contributed by atoms with Gasteiger partial charge in [-0.15, -0.1) is 0 Å². The maximum Gasteiger partial charge on any atom is 0.328 e. The summed E-state index contributed by atoms with van der Waals surface area (Å²) in [5.74, 6) is -5.56. The number of carboxylic acids is 1. The highest BCUT2D eigenvalue weighted by atomic mass is 16.4. The summed E-state index contributed by atoms with van der Waals surface area (Å²) in [6.45, 7) is 1.78. The van der Waals surface area contributed by atoms with Crippen molar-refractivity contribution in [1.82, 2.24) is 16.0 Å². The zero-order chi connectivity index (χ0) is 22.7. The molecule has 0 radical (unpaired) electrons. The normalized spacial score (nSPS) is 15.9. The van der Waals surface area contributed by atoms with Crippen LogP contribution in [0.1, 0.15) is 26.7 Å². The number of carbonyl (C=O) groups excluding carboxylic acids is 4. The molecule has 0 aliphatic carbocycles. The van der Waals surface area contributed by atoms with Crippen molar-refractivity contribution >= 4 is 29.6 Å². The average molecular weight is 419 g/mol. The fourth-order valence-electron chi connectivity index (χ4n) is 2.17. The van der Waals surface area contributed by atoms with E-state index in [4.69, 9.17) is 26.8 Å². The minimum absolute atomic E-state index is 0.414. The van der Waals surface area contributed by atoms with E-state index in [1.807, 2.05) is 0 Å². The number of carboxylic acid groups (broad SMARTS) is 1. The van der Waals surface area contributed by atoms with E-state index in [2.05, 4.69) is 16.0 Å². The minimum Gasteiger partial charge on any atom is -0.480 e. The molecule has 0 aromatic carbocycles. The lowest BCUT2D eigenvalue weighted by Gasteiger charge is -2.27. The van der Waals surface area contributed by atoms with Crippen LogP contribution in [0, 0.1) is 5.92 Å². The average Bonchev–Trinajstić information content (AvgIpc) is 2.67. The molecular formula is C16H29N5O8. The van der Waals surface area contributed by atoms with Gasteiger partial charge in [0, 0.05) is 0 Å². The molecule has 10 N–H and O–H groups in total. The Labute approximate surface area is 167 Å². The Morgan fingerprint density at radius 2 is 1.45 bits per heavy atom. The minimum atomic E-state index is -1.57. The van der Waals surface area contributed by atoms with Crippen molar-refractivity contribution in [2.45, 2.75) is 50.9 Å². The molecule has 0 aliphatic rings. The molecule has 0 saturated heterocycles. The Kier molecular flexibility index (Phi) is 11.4. The molecule has 0 fully saturated rings. The van der Waals surface area contributed by atoms with Crippen molar-refractivity contribution in [3.05, 3.63) is 0 Å². The number of amides is 4. The highest BCUT2D eigenvalue weighted by molar-refractivity contribution is 5.96. The van der Waals surface area contributed by atoms with Crippen LogP contribution < -0.4 is 27.4 Å². The van der Waals surface area contributed by atoms with E-state index in [1.165, 1.54) is 0 Å². The molecule has 5 unspecified atom stereocenters. The van der Waals surface area contributed by atoms with Crippen molar-refractivity contribution in [3.63, 3.8) is 0 Å². The molecule has 29 heavy (non-hydrogen) atoms. The van der Waals surface area contributed by atoms with Crippen molar-refractivity contribution < 1.29 is 39.3 Å². The lowest BCUT2D eigenvalue weighted by molar-refractivity contribution is -0.143. The fourth-order valence-corrected chi connectivity index (χ4v) is 2.17. The summed E-state index contributed by atoms with van der Waals surface area (Å²) in [7, 11) is 0. The Hall–Kier alpha value is -2.77. The number of hydrogen-bond donors (Lipinski definition) is 8. The molecule has 0 aromatic heterocycles. The summed E-state index contributed by atoms with van der Waals surface area (Å²) < 4.78 is 0. The van der Waals surface area contributed by atoms with Gasteiger partial charge in [-0.1, -0.05) is 20.3 Å². The number of rotatable bonds is 13. The molecule has 0 aromatic rings. The van der Waals surface area contributed by atoms with E-state index in [9.17, 15) is 24.0 Å².